The summed E-state index contributed by atoms with van der Waals surface area (Å²) in [5, 5.41) is 47.7. The van der Waals surface area contributed by atoms with Crippen LogP contribution in [0.25, 0.3) is 0 Å². The average Bonchev–Trinajstić information content (AvgIpc) is 3.09. The lowest BCUT2D eigenvalue weighted by molar-refractivity contribution is -0.290. The number of rotatable bonds is 10. The van der Waals surface area contributed by atoms with Crippen LogP contribution in [0.3, 0.4) is 0 Å². The number of ketones is 3. The predicted octanol–water partition coefficient (Wildman–Crippen LogP) is 1.70. The van der Waals surface area contributed by atoms with Crippen LogP contribution in [-0.2, 0) is 34.9 Å². The van der Waals surface area contributed by atoms with Gasteiger partial charge >= 0.3 is 0 Å². The lowest BCUT2D eigenvalue weighted by Gasteiger charge is -2.43. The number of hydrogen-bond acceptors (Lipinski definition) is 15. The van der Waals surface area contributed by atoms with Gasteiger partial charge in [0.1, 0.15) is 29.5 Å². The summed E-state index contributed by atoms with van der Waals surface area (Å²) in [5.41, 5.74) is -3.46. The van der Waals surface area contributed by atoms with E-state index in [9.17, 15) is 34.8 Å². The summed E-state index contributed by atoms with van der Waals surface area (Å²) in [7, 11) is 2.87. The van der Waals surface area contributed by atoms with E-state index in [1.165, 1.54) is 32.4 Å². The van der Waals surface area contributed by atoms with Gasteiger partial charge in [0.05, 0.1) is 48.2 Å². The minimum atomic E-state index is -2.23. The van der Waals surface area contributed by atoms with Crippen LogP contribution in [0.2, 0.25) is 0 Å². The third kappa shape index (κ3) is 6.36. The molecule has 0 bridgehead atoms. The molecule has 2 aliphatic carbocycles. The second-order valence-corrected chi connectivity index (χ2v) is 13.2. The van der Waals surface area contributed by atoms with E-state index in [0.717, 1.165) is 6.42 Å². The molecule has 0 aromatic heterocycles. The molecular weight excluding hydrogens is 662 g/mol. The number of ether oxygens (including phenoxy) is 6. The number of fused-ring (bicyclic) bond motifs is 3. The highest BCUT2D eigenvalue weighted by atomic mass is 32.1. The number of methoxy groups -OCH3 is 2. The summed E-state index contributed by atoms with van der Waals surface area (Å²) in [6.45, 7) is 1.35. The second kappa shape index (κ2) is 14.2. The zero-order valence-corrected chi connectivity index (χ0v) is 28.2. The number of aliphatic hydroxyl groups is 2. The van der Waals surface area contributed by atoms with Gasteiger partial charge in [-0.25, -0.2) is 0 Å². The fourth-order valence-corrected chi connectivity index (χ4v) is 7.52. The lowest BCUT2D eigenvalue weighted by Crippen LogP contribution is -2.57. The Morgan fingerprint density at radius 3 is 2.49 bits per heavy atom. The monoisotopic (exact) mass is 703 g/mol. The van der Waals surface area contributed by atoms with Gasteiger partial charge in [0.25, 0.3) is 0 Å². The van der Waals surface area contributed by atoms with E-state index in [1.54, 1.807) is 6.92 Å². The number of thiol groups is 1. The smallest absolute Gasteiger partial charge is 0.202 e. The first-order valence-corrected chi connectivity index (χ1v) is 16.8. The molecule has 6 rings (SSSR count). The molecule has 2 fully saturated rings. The maximum Gasteiger partial charge on any atom is 0.202 e. The van der Waals surface area contributed by atoms with Crippen molar-refractivity contribution in [3.63, 3.8) is 0 Å². The topological polar surface area (TPSA) is 200 Å². The molecule has 2 saturated heterocycles. The number of benzene rings is 2. The van der Waals surface area contributed by atoms with E-state index in [4.69, 9.17) is 28.4 Å². The van der Waals surface area contributed by atoms with Crippen molar-refractivity contribution in [2.75, 3.05) is 33.1 Å². The van der Waals surface area contributed by atoms with E-state index >= 15 is 0 Å². The fourth-order valence-electron chi connectivity index (χ4n) is 7.23. The molecule has 0 spiro atoms. The number of phenols is 2. The molecule has 1 unspecified atom stereocenters. The number of morpholine rings is 1. The molecule has 2 aliphatic heterocycles. The number of nitrogens with one attached hydrogen (secondary N) is 1. The van der Waals surface area contributed by atoms with E-state index in [-0.39, 0.29) is 34.1 Å². The number of aromatic hydroxyl groups is 2. The van der Waals surface area contributed by atoms with Crippen molar-refractivity contribution in [3.05, 3.63) is 51.6 Å². The van der Waals surface area contributed by atoms with Crippen molar-refractivity contribution < 1.29 is 63.2 Å². The lowest BCUT2D eigenvalue weighted by atomic mass is 9.72. The molecule has 8 atom stereocenters. The fraction of sp³-hybridized carbons (Fsp3) is 0.559. The molecular formula is C34H41NO13S. The molecule has 0 saturated carbocycles. The molecule has 0 radical (unpaired) electrons. The Kier molecular flexibility index (Phi) is 10.4. The molecule has 2 aromatic rings. The Morgan fingerprint density at radius 2 is 1.82 bits per heavy atom. The molecule has 2 aromatic carbocycles. The maximum atomic E-state index is 13.9. The molecule has 49 heavy (non-hydrogen) atoms. The Bertz CT molecular complexity index is 1630. The summed E-state index contributed by atoms with van der Waals surface area (Å²) in [5.74, 6) is -2.98. The van der Waals surface area contributed by atoms with Gasteiger partial charge < -0.3 is 48.8 Å². The average molecular weight is 704 g/mol. The van der Waals surface area contributed by atoms with Crippen molar-refractivity contribution >= 4 is 30.0 Å². The summed E-state index contributed by atoms with van der Waals surface area (Å²) in [6, 6.07) is 4.42. The van der Waals surface area contributed by atoms with Gasteiger partial charge in [-0.2, -0.15) is 12.6 Å². The van der Waals surface area contributed by atoms with Crippen molar-refractivity contribution in [2.24, 2.45) is 0 Å². The summed E-state index contributed by atoms with van der Waals surface area (Å²) >= 11 is 4.27. The first-order valence-electron chi connectivity index (χ1n) is 16.2. The second-order valence-electron chi connectivity index (χ2n) is 12.7. The van der Waals surface area contributed by atoms with Crippen LogP contribution in [0.5, 0.6) is 17.2 Å². The maximum absolute atomic E-state index is 13.9. The van der Waals surface area contributed by atoms with E-state index < -0.39 is 102 Å². The van der Waals surface area contributed by atoms with Crippen molar-refractivity contribution in [1.82, 2.24) is 5.32 Å². The van der Waals surface area contributed by atoms with Crippen LogP contribution >= 0.6 is 12.6 Å². The van der Waals surface area contributed by atoms with Crippen LogP contribution in [0.4, 0.5) is 0 Å². The van der Waals surface area contributed by atoms with Crippen LogP contribution in [-0.4, -0.2) is 114 Å². The van der Waals surface area contributed by atoms with Gasteiger partial charge in [-0.3, -0.25) is 19.7 Å². The third-order valence-corrected chi connectivity index (χ3v) is 10.0. The van der Waals surface area contributed by atoms with Gasteiger partial charge in [-0.1, -0.05) is 12.1 Å². The van der Waals surface area contributed by atoms with Crippen LogP contribution < -0.4 is 10.1 Å². The Morgan fingerprint density at radius 1 is 1.06 bits per heavy atom. The van der Waals surface area contributed by atoms with Gasteiger partial charge in [-0.05, 0) is 31.6 Å². The highest BCUT2D eigenvalue weighted by Gasteiger charge is 2.50. The number of hydrogen-bond donors (Lipinski definition) is 6. The van der Waals surface area contributed by atoms with Gasteiger partial charge in [0.2, 0.25) is 5.78 Å². The predicted molar refractivity (Wildman–Crippen MR) is 173 cm³/mol. The van der Waals surface area contributed by atoms with Crippen LogP contribution in [0.1, 0.15) is 81.7 Å². The largest absolute Gasteiger partial charge is 0.507 e. The Labute approximate surface area is 288 Å². The summed E-state index contributed by atoms with van der Waals surface area (Å²) < 4.78 is 35.6. The molecule has 0 amide bonds. The zero-order chi connectivity index (χ0) is 35.2. The van der Waals surface area contributed by atoms with Gasteiger partial charge in [0, 0.05) is 49.6 Å². The van der Waals surface area contributed by atoms with Crippen molar-refractivity contribution in [1.29, 1.82) is 0 Å². The molecule has 266 valence electrons. The first kappa shape index (κ1) is 35.7. The minimum Gasteiger partial charge on any atom is -0.507 e. The number of aliphatic hydroxyl groups excluding tert-OH is 1. The van der Waals surface area contributed by atoms with Crippen molar-refractivity contribution in [3.8, 4) is 17.2 Å². The molecule has 4 aliphatic rings. The number of Topliss-reactive ketones (excluding diaryl/α,β-unsaturated/α-hetero) is 1. The Hall–Kier alpha value is -3.12. The highest BCUT2D eigenvalue weighted by molar-refractivity contribution is 7.80. The van der Waals surface area contributed by atoms with Crippen LogP contribution in [0, 0.1) is 0 Å². The summed E-state index contributed by atoms with van der Waals surface area (Å²) in [6.07, 6.45) is -3.90. The Balaban J connectivity index is 1.28. The molecule has 15 heteroatoms. The van der Waals surface area contributed by atoms with Gasteiger partial charge in [-0.15, -0.1) is 0 Å². The number of phenolic OH excluding ortho intramolecular Hbond substituents is 2. The normalized spacial score (nSPS) is 31.1. The summed E-state index contributed by atoms with van der Waals surface area (Å²) in [4.78, 5) is 40.4. The van der Waals surface area contributed by atoms with E-state index in [1.807, 2.05) is 0 Å². The minimum absolute atomic E-state index is 0.0394. The molecule has 2 heterocycles. The standard InChI is InChI=1S/C34H41NO13S/c1-15-19(48-32-33(44-3)46-16(9-10-49)13-35-32)7-8-23(45-15)47-21-12-34(42,22(37)14-36)11-18-25(21)31(41)27-26(29(18)39)28(38)17-5-4-6-20(43-2)24(17)30(27)40/h4-6,15-16,19,21,23,32-33,35-36,39,41-42,49H,7-14H2,1-3H3/t15-,16?,19-,21-,23-,32+,33-,34-/m0/s1. The zero-order valence-electron chi connectivity index (χ0n) is 27.3. The van der Waals surface area contributed by atoms with Crippen molar-refractivity contribution in [2.45, 2.75) is 87.9 Å². The molecule has 5 N–H and O–H groups in total. The first-order chi connectivity index (χ1) is 23.5. The van der Waals surface area contributed by atoms with Crippen LogP contribution in [0.15, 0.2) is 18.2 Å². The van der Waals surface area contributed by atoms with E-state index in [2.05, 4.69) is 17.9 Å². The highest BCUT2D eigenvalue weighted by Crippen LogP contribution is 2.52. The van der Waals surface area contributed by atoms with E-state index in [0.29, 0.717) is 25.1 Å². The molecule has 14 nitrogen and oxygen atoms in total. The van der Waals surface area contributed by atoms with Gasteiger partial charge in [0.15, 0.2) is 30.4 Å². The SMILES string of the molecule is COc1cccc2c1C(=O)c1c(O)c3c(c(O)c1C2=O)C[C@@](O)(C(=O)CO)C[C@@H]3O[C@H]1CC[C@H](O[C@H]2NCC(CCS)O[C@@H]2OC)[C@H](C)O1. The number of carbonyl (C=O) groups excluding carboxylic acids is 3. The quantitative estimate of drug-likeness (QED) is 0.132. The third-order valence-electron chi connectivity index (χ3n) is 9.76. The number of carbonyl (C=O) groups is 3.